The van der Waals surface area contributed by atoms with Crippen LogP contribution in [-0.2, 0) is 0 Å². The van der Waals surface area contributed by atoms with Crippen molar-refractivity contribution in [3.05, 3.63) is 24.3 Å². The second kappa shape index (κ2) is 9.03. The molecule has 0 aliphatic heterocycles. The lowest BCUT2D eigenvalue weighted by molar-refractivity contribution is 0.224. The first-order valence-electron chi connectivity index (χ1n) is 8.27. The van der Waals surface area contributed by atoms with E-state index in [0.29, 0.717) is 22.2 Å². The second-order valence-electron chi connectivity index (χ2n) is 6.28. The molecule has 5 nitrogen and oxygen atoms in total. The predicted molar refractivity (Wildman–Crippen MR) is 107 cm³/mol. The van der Waals surface area contributed by atoms with Gasteiger partial charge in [0.1, 0.15) is 5.75 Å². The van der Waals surface area contributed by atoms with Gasteiger partial charge in [-0.05, 0) is 67.0 Å². The van der Waals surface area contributed by atoms with Crippen molar-refractivity contribution in [2.24, 2.45) is 11.8 Å². The van der Waals surface area contributed by atoms with Crippen molar-refractivity contribution in [1.82, 2.24) is 16.2 Å². The molecule has 0 saturated heterocycles. The van der Waals surface area contributed by atoms with Crippen LogP contribution in [0.4, 0.5) is 5.69 Å². The molecule has 0 bridgehead atoms. The fourth-order valence-electron chi connectivity index (χ4n) is 2.94. The van der Waals surface area contributed by atoms with E-state index in [0.717, 1.165) is 23.8 Å². The molecule has 7 heteroatoms. The number of nitrogens with one attached hydrogen (secondary N) is 4. The van der Waals surface area contributed by atoms with Crippen molar-refractivity contribution in [2.45, 2.75) is 39.2 Å². The summed E-state index contributed by atoms with van der Waals surface area (Å²) < 4.78 is 5.13. The van der Waals surface area contributed by atoms with Crippen molar-refractivity contribution in [3.63, 3.8) is 0 Å². The molecule has 1 aliphatic rings. The fourth-order valence-corrected chi connectivity index (χ4v) is 3.31. The van der Waals surface area contributed by atoms with E-state index in [4.69, 9.17) is 29.2 Å². The zero-order chi connectivity index (χ0) is 17.5. The highest BCUT2D eigenvalue weighted by atomic mass is 32.1. The summed E-state index contributed by atoms with van der Waals surface area (Å²) in [6.07, 6.45) is 3.70. The molecular weight excluding hydrogens is 340 g/mol. The van der Waals surface area contributed by atoms with Gasteiger partial charge >= 0.3 is 0 Å². The summed E-state index contributed by atoms with van der Waals surface area (Å²) in [5.74, 6) is 2.14. The van der Waals surface area contributed by atoms with Gasteiger partial charge in [-0.1, -0.05) is 26.7 Å². The first kappa shape index (κ1) is 18.7. The van der Waals surface area contributed by atoms with Crippen LogP contribution in [0.25, 0.3) is 0 Å². The molecule has 132 valence electrons. The first-order chi connectivity index (χ1) is 11.5. The number of hydrazine groups is 1. The molecule has 3 atom stereocenters. The summed E-state index contributed by atoms with van der Waals surface area (Å²) in [7, 11) is 1.64. The summed E-state index contributed by atoms with van der Waals surface area (Å²) in [6.45, 7) is 4.59. The van der Waals surface area contributed by atoms with Crippen LogP contribution < -0.4 is 26.2 Å². The van der Waals surface area contributed by atoms with Gasteiger partial charge in [0, 0.05) is 11.7 Å². The zero-order valence-corrected chi connectivity index (χ0v) is 16.0. The Balaban J connectivity index is 1.73. The van der Waals surface area contributed by atoms with Crippen molar-refractivity contribution in [1.29, 1.82) is 0 Å². The van der Waals surface area contributed by atoms with Crippen LogP contribution in [0.3, 0.4) is 0 Å². The number of benzene rings is 1. The molecule has 4 N–H and O–H groups in total. The quantitative estimate of drug-likeness (QED) is 0.484. The highest BCUT2D eigenvalue weighted by molar-refractivity contribution is 7.80. The monoisotopic (exact) mass is 366 g/mol. The predicted octanol–water partition coefficient (Wildman–Crippen LogP) is 3.19. The molecule has 0 spiro atoms. The third-order valence-corrected chi connectivity index (χ3v) is 5.08. The van der Waals surface area contributed by atoms with E-state index in [1.165, 1.54) is 12.8 Å². The van der Waals surface area contributed by atoms with Crippen molar-refractivity contribution in [2.75, 3.05) is 12.4 Å². The molecule has 1 fully saturated rings. The van der Waals surface area contributed by atoms with Gasteiger partial charge in [0.2, 0.25) is 0 Å². The fraction of sp³-hybridized carbons (Fsp3) is 0.529. The maximum Gasteiger partial charge on any atom is 0.189 e. The summed E-state index contributed by atoms with van der Waals surface area (Å²) in [5.41, 5.74) is 6.74. The van der Waals surface area contributed by atoms with Crippen LogP contribution in [0.5, 0.6) is 5.75 Å². The zero-order valence-electron chi connectivity index (χ0n) is 14.4. The van der Waals surface area contributed by atoms with Gasteiger partial charge in [-0.25, -0.2) is 0 Å². The Morgan fingerprint density at radius 2 is 1.71 bits per heavy atom. The molecule has 0 aromatic heterocycles. The number of rotatable bonds is 3. The van der Waals surface area contributed by atoms with Crippen LogP contribution in [0, 0.1) is 11.8 Å². The maximum absolute atomic E-state index is 5.35. The average Bonchev–Trinajstić information content (AvgIpc) is 2.58. The second-order valence-corrected chi connectivity index (χ2v) is 7.10. The van der Waals surface area contributed by atoms with Crippen LogP contribution in [-0.4, -0.2) is 23.4 Å². The largest absolute Gasteiger partial charge is 0.497 e. The van der Waals surface area contributed by atoms with E-state index in [1.54, 1.807) is 7.11 Å². The Labute approximate surface area is 154 Å². The number of hydrogen-bond acceptors (Lipinski definition) is 3. The molecule has 2 rings (SSSR count). The summed E-state index contributed by atoms with van der Waals surface area (Å²) in [6, 6.07) is 7.95. The minimum atomic E-state index is 0.415. The molecule has 24 heavy (non-hydrogen) atoms. The Morgan fingerprint density at radius 3 is 2.38 bits per heavy atom. The molecule has 1 saturated carbocycles. The van der Waals surface area contributed by atoms with Gasteiger partial charge in [0.15, 0.2) is 10.2 Å². The topological polar surface area (TPSA) is 57.4 Å². The highest BCUT2D eigenvalue weighted by Crippen LogP contribution is 2.29. The van der Waals surface area contributed by atoms with Gasteiger partial charge in [0.25, 0.3) is 0 Å². The Morgan fingerprint density at radius 1 is 1.04 bits per heavy atom. The third-order valence-electron chi connectivity index (χ3n) is 4.66. The number of thiocarbonyl (C=S) groups is 2. The van der Waals surface area contributed by atoms with Crippen LogP contribution in [0.2, 0.25) is 0 Å². The van der Waals surface area contributed by atoms with Crippen LogP contribution in [0.15, 0.2) is 24.3 Å². The van der Waals surface area contributed by atoms with Crippen molar-refractivity contribution >= 4 is 40.3 Å². The molecule has 1 aromatic rings. The minimum absolute atomic E-state index is 0.415. The van der Waals surface area contributed by atoms with E-state index < -0.39 is 0 Å². The van der Waals surface area contributed by atoms with Gasteiger partial charge in [-0.2, -0.15) is 0 Å². The van der Waals surface area contributed by atoms with Gasteiger partial charge in [-0.15, -0.1) is 0 Å². The SMILES string of the molecule is COc1ccc(NC(=S)NNC(=S)N[C@@H]2CCC[C@@H](C)[C@H]2C)cc1. The smallest absolute Gasteiger partial charge is 0.189 e. The molecule has 1 aromatic carbocycles. The minimum Gasteiger partial charge on any atom is -0.497 e. The van der Waals surface area contributed by atoms with Gasteiger partial charge in [-0.3, -0.25) is 10.9 Å². The standard InChI is InChI=1S/C17H26N4OS2/c1-11-5-4-6-15(12(11)2)19-17(24)21-20-16(23)18-13-7-9-14(22-3)10-8-13/h7-12,15H,4-6H2,1-3H3,(H2,18,20,23)(H2,19,21,24)/t11-,12-,15-/m1/s1. The maximum atomic E-state index is 5.35. The molecule has 0 amide bonds. The third kappa shape index (κ3) is 5.49. The lowest BCUT2D eigenvalue weighted by atomic mass is 9.78. The molecule has 0 unspecified atom stereocenters. The summed E-state index contributed by atoms with van der Waals surface area (Å²) >= 11 is 10.6. The normalized spacial score (nSPS) is 23.0. The lowest BCUT2D eigenvalue weighted by Crippen LogP contribution is -2.53. The summed E-state index contributed by atoms with van der Waals surface area (Å²) in [5, 5.41) is 7.49. The van der Waals surface area contributed by atoms with E-state index in [9.17, 15) is 0 Å². The van der Waals surface area contributed by atoms with Crippen LogP contribution in [0.1, 0.15) is 33.1 Å². The Kier molecular flexibility index (Phi) is 7.05. The average molecular weight is 367 g/mol. The summed E-state index contributed by atoms with van der Waals surface area (Å²) in [4.78, 5) is 0. The Hall–Kier alpha value is -1.60. The number of methoxy groups -OCH3 is 1. The van der Waals surface area contributed by atoms with Gasteiger partial charge < -0.3 is 15.4 Å². The van der Waals surface area contributed by atoms with E-state index in [-0.39, 0.29) is 0 Å². The van der Waals surface area contributed by atoms with E-state index in [1.807, 2.05) is 24.3 Å². The molecule has 1 aliphatic carbocycles. The van der Waals surface area contributed by atoms with E-state index in [2.05, 4.69) is 35.3 Å². The van der Waals surface area contributed by atoms with Gasteiger partial charge in [0.05, 0.1) is 7.11 Å². The molecular formula is C17H26N4OS2. The van der Waals surface area contributed by atoms with Crippen LogP contribution >= 0.6 is 24.4 Å². The molecule has 0 radical (unpaired) electrons. The highest BCUT2D eigenvalue weighted by Gasteiger charge is 2.27. The number of hydrogen-bond donors (Lipinski definition) is 4. The first-order valence-corrected chi connectivity index (χ1v) is 9.09. The van der Waals surface area contributed by atoms with E-state index >= 15 is 0 Å². The Bertz CT molecular complexity index is 564. The molecule has 0 heterocycles. The van der Waals surface area contributed by atoms with Crippen molar-refractivity contribution in [3.8, 4) is 5.75 Å². The van der Waals surface area contributed by atoms with Crippen molar-refractivity contribution < 1.29 is 4.74 Å². The lowest BCUT2D eigenvalue weighted by Gasteiger charge is -2.35. The number of anilines is 1. The number of ether oxygens (including phenoxy) is 1.